The second kappa shape index (κ2) is 5.88. The summed E-state index contributed by atoms with van der Waals surface area (Å²) in [5.41, 5.74) is 0.911. The summed E-state index contributed by atoms with van der Waals surface area (Å²) < 4.78 is 37.2. The van der Waals surface area contributed by atoms with Crippen LogP contribution in [0.2, 0.25) is 0 Å². The van der Waals surface area contributed by atoms with Crippen molar-refractivity contribution in [1.82, 2.24) is 4.31 Å². The van der Waals surface area contributed by atoms with Gasteiger partial charge in [-0.05, 0) is 26.0 Å². The Balaban J connectivity index is 3.12. The molecule has 0 bridgehead atoms. The van der Waals surface area contributed by atoms with Crippen LogP contribution < -0.4 is 0 Å². The van der Waals surface area contributed by atoms with Crippen LogP contribution in [0.25, 0.3) is 0 Å². The van der Waals surface area contributed by atoms with E-state index in [4.69, 9.17) is 1.37 Å². The molecule has 0 spiro atoms. The van der Waals surface area contributed by atoms with Crippen molar-refractivity contribution >= 4 is 16.0 Å². The number of nitrogens with zero attached hydrogens (tertiary/aromatic N) is 1. The van der Waals surface area contributed by atoms with Crippen molar-refractivity contribution in [3.05, 3.63) is 41.6 Å². The number of hydrogen-bond donors (Lipinski definition) is 0. The van der Waals surface area contributed by atoms with Gasteiger partial charge in [-0.1, -0.05) is 17.7 Å². The van der Waals surface area contributed by atoms with E-state index in [1.165, 1.54) is 26.3 Å². The lowest BCUT2D eigenvalue weighted by Gasteiger charge is -2.16. The molecule has 0 unspecified atom stereocenters. The maximum Gasteiger partial charge on any atom is 0.334 e. The minimum Gasteiger partial charge on any atom is -0.466 e. The maximum atomic E-state index is 12.3. The zero-order valence-electron chi connectivity index (χ0n) is 12.1. The van der Waals surface area contributed by atoms with Crippen molar-refractivity contribution in [1.29, 1.82) is 0 Å². The van der Waals surface area contributed by atoms with Crippen LogP contribution in [0.5, 0.6) is 0 Å². The summed E-state index contributed by atoms with van der Waals surface area (Å²) in [6.45, 7) is 1.50. The average Bonchev–Trinajstić information content (AvgIpc) is 2.44. The number of rotatable bonds is 4. The number of ether oxygens (including phenoxy) is 1. The number of methoxy groups -OCH3 is 1. The molecule has 0 saturated carbocycles. The van der Waals surface area contributed by atoms with Crippen LogP contribution in [0.4, 0.5) is 0 Å². The molecule has 1 aromatic rings. The molecule has 0 fully saturated rings. The molecule has 0 saturated heterocycles. The molecule has 0 radical (unpaired) electrons. The number of sulfonamides is 1. The highest BCUT2D eigenvalue weighted by Gasteiger charge is 2.19. The first-order chi connectivity index (χ1) is 9.32. The molecule has 5 nitrogen and oxygen atoms in total. The zero-order valence-corrected chi connectivity index (χ0v) is 11.9. The van der Waals surface area contributed by atoms with Gasteiger partial charge in [0.2, 0.25) is 0 Å². The number of esters is 1. The lowest BCUT2D eigenvalue weighted by Crippen LogP contribution is -2.23. The lowest BCUT2D eigenvalue weighted by molar-refractivity contribution is -0.136. The minimum atomic E-state index is -3.74. The fourth-order valence-corrected chi connectivity index (χ4v) is 2.43. The Kier molecular flexibility index (Phi) is 4.21. The molecule has 0 aromatic heterocycles. The summed E-state index contributed by atoms with van der Waals surface area (Å²) in [5.74, 6) is -0.717. The quantitative estimate of drug-likeness (QED) is 0.623. The van der Waals surface area contributed by atoms with Gasteiger partial charge in [0.15, 0.2) is 0 Å². The second-order valence-corrected chi connectivity index (χ2v) is 5.98. The third-order valence-electron chi connectivity index (χ3n) is 2.48. The molecule has 0 atom stereocenters. The molecule has 0 aliphatic rings. The van der Waals surface area contributed by atoms with Gasteiger partial charge in [-0.25, -0.2) is 13.2 Å². The van der Waals surface area contributed by atoms with Crippen molar-refractivity contribution in [3.63, 3.8) is 0 Å². The van der Waals surface area contributed by atoms with Gasteiger partial charge in [-0.15, -0.1) is 0 Å². The van der Waals surface area contributed by atoms with Gasteiger partial charge >= 0.3 is 5.97 Å². The molecule has 1 rings (SSSR count). The van der Waals surface area contributed by atoms with Crippen molar-refractivity contribution in [2.24, 2.45) is 0 Å². The summed E-state index contributed by atoms with van der Waals surface area (Å²) in [7, 11) is -1.24. The SMILES string of the molecule is [2H]C/C(=C\N(C)S(=O)(=O)c1ccc(C)cc1)C(=O)OC. The van der Waals surface area contributed by atoms with Crippen LogP contribution in [0.15, 0.2) is 40.9 Å². The van der Waals surface area contributed by atoms with E-state index < -0.39 is 16.0 Å². The van der Waals surface area contributed by atoms with E-state index in [1.807, 2.05) is 6.92 Å². The van der Waals surface area contributed by atoms with Crippen LogP contribution in [-0.4, -0.2) is 32.8 Å². The molecule has 0 amide bonds. The second-order valence-electron chi connectivity index (χ2n) is 3.98. The van der Waals surface area contributed by atoms with Gasteiger partial charge in [-0.3, -0.25) is 4.31 Å². The third kappa shape index (κ3) is 3.57. The fourth-order valence-electron chi connectivity index (χ4n) is 1.35. The Labute approximate surface area is 114 Å². The Morgan fingerprint density at radius 1 is 1.37 bits per heavy atom. The van der Waals surface area contributed by atoms with E-state index in [-0.39, 0.29) is 17.4 Å². The molecular weight excluding hydrogens is 266 g/mol. The van der Waals surface area contributed by atoms with Crippen molar-refractivity contribution < 1.29 is 19.3 Å². The summed E-state index contributed by atoms with van der Waals surface area (Å²) >= 11 is 0. The lowest BCUT2D eigenvalue weighted by atomic mass is 10.2. The van der Waals surface area contributed by atoms with Crippen LogP contribution in [0.1, 0.15) is 13.8 Å². The summed E-state index contributed by atoms with van der Waals surface area (Å²) in [6, 6.07) is 6.37. The Morgan fingerprint density at radius 2 is 1.95 bits per heavy atom. The number of hydrogen-bond acceptors (Lipinski definition) is 4. The van der Waals surface area contributed by atoms with Crippen molar-refractivity contribution in [3.8, 4) is 0 Å². The largest absolute Gasteiger partial charge is 0.466 e. The summed E-state index contributed by atoms with van der Waals surface area (Å²) in [6.07, 6.45) is 1.11. The van der Waals surface area contributed by atoms with E-state index in [1.54, 1.807) is 12.1 Å². The van der Waals surface area contributed by atoms with Crippen LogP contribution in [-0.2, 0) is 19.6 Å². The Morgan fingerprint density at radius 3 is 2.42 bits per heavy atom. The van der Waals surface area contributed by atoms with E-state index in [2.05, 4.69) is 4.74 Å². The number of carbonyl (C=O) groups excluding carboxylic acids is 1. The fraction of sp³-hybridized carbons (Fsp3) is 0.308. The first-order valence-corrected chi connectivity index (χ1v) is 6.90. The molecular formula is C13H17NO4S. The topological polar surface area (TPSA) is 63.7 Å². The van der Waals surface area contributed by atoms with Gasteiger partial charge in [-0.2, -0.15) is 0 Å². The smallest absolute Gasteiger partial charge is 0.334 e. The molecule has 0 N–H and O–H groups in total. The highest BCUT2D eigenvalue weighted by molar-refractivity contribution is 7.89. The van der Waals surface area contributed by atoms with E-state index in [0.29, 0.717) is 0 Å². The summed E-state index contributed by atoms with van der Waals surface area (Å²) in [4.78, 5) is 11.5. The molecule has 104 valence electrons. The molecule has 0 heterocycles. The normalized spacial score (nSPS) is 12.8. The Hall–Kier alpha value is -1.82. The number of benzene rings is 1. The monoisotopic (exact) mass is 284 g/mol. The Bertz CT molecular complexity index is 608. The van der Waals surface area contributed by atoms with Gasteiger partial charge in [0, 0.05) is 14.6 Å². The van der Waals surface area contributed by atoms with Gasteiger partial charge in [0.05, 0.1) is 17.6 Å². The summed E-state index contributed by atoms with van der Waals surface area (Å²) in [5, 5.41) is 0. The van der Waals surface area contributed by atoms with Gasteiger partial charge < -0.3 is 4.74 Å². The van der Waals surface area contributed by atoms with Crippen LogP contribution in [0, 0.1) is 6.92 Å². The van der Waals surface area contributed by atoms with Gasteiger partial charge in [0.25, 0.3) is 10.0 Å². The predicted octanol–water partition coefficient (Wildman–Crippen LogP) is 1.69. The first-order valence-electron chi connectivity index (χ1n) is 6.16. The molecule has 19 heavy (non-hydrogen) atoms. The molecule has 1 aromatic carbocycles. The molecule has 6 heteroatoms. The number of aryl methyl sites for hydroxylation is 1. The van der Waals surface area contributed by atoms with E-state index in [0.717, 1.165) is 16.1 Å². The van der Waals surface area contributed by atoms with E-state index >= 15 is 0 Å². The highest BCUT2D eigenvalue weighted by atomic mass is 32.2. The van der Waals surface area contributed by atoms with Crippen molar-refractivity contribution in [2.45, 2.75) is 18.7 Å². The maximum absolute atomic E-state index is 12.3. The number of carbonyl (C=O) groups is 1. The standard InChI is InChI=1S/C13H17NO4S/c1-10-5-7-12(8-6-10)19(16,17)14(3)9-11(2)13(15)18-4/h5-9H,1-4H3/b11-9+/i2D. The van der Waals surface area contributed by atoms with Gasteiger partial charge in [0.1, 0.15) is 0 Å². The first kappa shape index (κ1) is 13.6. The highest BCUT2D eigenvalue weighted by Crippen LogP contribution is 2.16. The third-order valence-corrected chi connectivity index (χ3v) is 4.21. The minimum absolute atomic E-state index is 0.0364. The van der Waals surface area contributed by atoms with Crippen LogP contribution >= 0.6 is 0 Å². The van der Waals surface area contributed by atoms with Crippen molar-refractivity contribution in [2.75, 3.05) is 14.2 Å². The molecule has 0 aliphatic heterocycles. The van der Waals surface area contributed by atoms with E-state index in [9.17, 15) is 13.2 Å². The zero-order chi connectivity index (χ0) is 15.3. The molecule has 0 aliphatic carbocycles. The van der Waals surface area contributed by atoms with Crippen LogP contribution in [0.3, 0.4) is 0 Å². The predicted molar refractivity (Wildman–Crippen MR) is 71.9 cm³/mol. The average molecular weight is 284 g/mol.